The lowest BCUT2D eigenvalue weighted by atomic mass is 9.87. The molecule has 3 N–H and O–H groups in total. The van der Waals surface area contributed by atoms with Crippen LogP contribution in [-0.2, 0) is 10.3 Å². The Bertz CT molecular complexity index is 1120. The molecule has 4 rings (SSSR count). The Labute approximate surface area is 172 Å². The number of amides is 2. The first-order chi connectivity index (χ1) is 14.4. The van der Waals surface area contributed by atoms with E-state index in [9.17, 15) is 9.59 Å². The fourth-order valence-electron chi connectivity index (χ4n) is 3.16. The summed E-state index contributed by atoms with van der Waals surface area (Å²) in [7, 11) is 1.59. The molecule has 0 saturated carbocycles. The van der Waals surface area contributed by atoms with E-state index in [4.69, 9.17) is 5.73 Å². The van der Waals surface area contributed by atoms with Gasteiger partial charge in [-0.25, -0.2) is 19.6 Å². The monoisotopic (exact) mass is 404 g/mol. The fourth-order valence-corrected chi connectivity index (χ4v) is 3.16. The van der Waals surface area contributed by atoms with E-state index >= 15 is 0 Å². The van der Waals surface area contributed by atoms with E-state index in [-0.39, 0.29) is 24.0 Å². The van der Waals surface area contributed by atoms with Crippen LogP contribution in [0.2, 0.25) is 0 Å². The second-order valence-corrected chi connectivity index (χ2v) is 7.12. The van der Waals surface area contributed by atoms with Gasteiger partial charge < -0.3 is 11.1 Å². The highest BCUT2D eigenvalue weighted by atomic mass is 16.2. The van der Waals surface area contributed by atoms with Gasteiger partial charge in [-0.05, 0) is 30.7 Å². The summed E-state index contributed by atoms with van der Waals surface area (Å²) in [5.41, 5.74) is 6.57. The van der Waals surface area contributed by atoms with Crippen molar-refractivity contribution in [3.05, 3.63) is 66.4 Å². The van der Waals surface area contributed by atoms with Crippen LogP contribution in [0.4, 0.5) is 5.69 Å². The molecule has 152 valence electrons. The molecule has 0 spiro atoms. The van der Waals surface area contributed by atoms with Gasteiger partial charge in [0.05, 0.1) is 24.4 Å². The Hall–Kier alpha value is -4.08. The van der Waals surface area contributed by atoms with Crippen molar-refractivity contribution in [1.82, 2.24) is 24.6 Å². The summed E-state index contributed by atoms with van der Waals surface area (Å²) in [6.07, 6.45) is 6.41. The number of carbonyl (C=O) groups excluding carboxylic acids is 2. The molecule has 0 saturated heterocycles. The van der Waals surface area contributed by atoms with Crippen molar-refractivity contribution in [2.75, 3.05) is 12.4 Å². The Morgan fingerprint density at radius 3 is 2.73 bits per heavy atom. The van der Waals surface area contributed by atoms with Gasteiger partial charge in [0.2, 0.25) is 5.91 Å². The maximum atomic E-state index is 12.6. The summed E-state index contributed by atoms with van der Waals surface area (Å²) in [5, 5.41) is 6.87. The van der Waals surface area contributed by atoms with Gasteiger partial charge in [0.1, 0.15) is 5.69 Å². The Morgan fingerprint density at radius 1 is 1.23 bits per heavy atom. The molecule has 1 aliphatic heterocycles. The zero-order valence-electron chi connectivity index (χ0n) is 16.5. The predicted molar refractivity (Wildman–Crippen MR) is 110 cm³/mol. The number of guanidine groups is 1. The quantitative estimate of drug-likeness (QED) is 0.674. The summed E-state index contributed by atoms with van der Waals surface area (Å²) in [4.78, 5) is 39.0. The normalized spacial score (nSPS) is 18.8. The number of hydrogen-bond donors (Lipinski definition) is 2. The molecular weight excluding hydrogens is 384 g/mol. The van der Waals surface area contributed by atoms with Gasteiger partial charge in [0.25, 0.3) is 5.91 Å². The number of benzene rings is 1. The summed E-state index contributed by atoms with van der Waals surface area (Å²) in [6, 6.07) is 8.94. The number of carbonyl (C=O) groups is 2. The van der Waals surface area contributed by atoms with Gasteiger partial charge in [0, 0.05) is 25.1 Å². The molecule has 10 heteroatoms. The van der Waals surface area contributed by atoms with Crippen molar-refractivity contribution >= 4 is 23.5 Å². The van der Waals surface area contributed by atoms with Crippen molar-refractivity contribution in [3.63, 3.8) is 0 Å². The third-order valence-electron chi connectivity index (χ3n) is 4.93. The molecule has 0 bridgehead atoms. The maximum absolute atomic E-state index is 12.6. The van der Waals surface area contributed by atoms with E-state index in [0.717, 1.165) is 5.56 Å². The zero-order chi connectivity index (χ0) is 21.3. The second kappa shape index (κ2) is 7.39. The highest BCUT2D eigenvalue weighted by Gasteiger charge is 2.36. The van der Waals surface area contributed by atoms with Crippen molar-refractivity contribution in [3.8, 4) is 5.82 Å². The third kappa shape index (κ3) is 3.62. The largest absolute Gasteiger partial charge is 0.369 e. The molecule has 3 heterocycles. The Kier molecular flexibility index (Phi) is 4.74. The van der Waals surface area contributed by atoms with Crippen LogP contribution in [0, 0.1) is 0 Å². The van der Waals surface area contributed by atoms with Crippen molar-refractivity contribution in [2.45, 2.75) is 18.9 Å². The van der Waals surface area contributed by atoms with E-state index in [1.54, 1.807) is 48.4 Å². The van der Waals surface area contributed by atoms with Gasteiger partial charge in [-0.3, -0.25) is 14.5 Å². The molecule has 1 atom stereocenters. The van der Waals surface area contributed by atoms with Gasteiger partial charge in [0.15, 0.2) is 11.8 Å². The molecule has 3 aromatic rings. The molecule has 2 aromatic heterocycles. The molecular formula is C20H20N8O2. The van der Waals surface area contributed by atoms with E-state index in [0.29, 0.717) is 11.5 Å². The molecule has 2 amide bonds. The van der Waals surface area contributed by atoms with Crippen LogP contribution in [0.25, 0.3) is 5.82 Å². The standard InChI is InChI=1S/C20H20N8O2/c1-20(10-17(29)27(2)19(21)26-20)13-5-3-6-14(9-13)25-18(30)15-11-23-16(12-22-15)28-8-4-7-24-28/h3-9,11-12H,10H2,1-2H3,(H2,21,26)(H,25,30). The summed E-state index contributed by atoms with van der Waals surface area (Å²) >= 11 is 0. The Morgan fingerprint density at radius 2 is 2.07 bits per heavy atom. The lowest BCUT2D eigenvalue weighted by Crippen LogP contribution is -2.47. The minimum atomic E-state index is -0.806. The summed E-state index contributed by atoms with van der Waals surface area (Å²) < 4.78 is 1.55. The molecule has 1 unspecified atom stereocenters. The summed E-state index contributed by atoms with van der Waals surface area (Å²) in [6.45, 7) is 1.84. The molecule has 30 heavy (non-hydrogen) atoms. The summed E-state index contributed by atoms with van der Waals surface area (Å²) in [5.74, 6) is 0.149. The average Bonchev–Trinajstić information content (AvgIpc) is 3.27. The first-order valence-corrected chi connectivity index (χ1v) is 9.21. The van der Waals surface area contributed by atoms with Crippen molar-refractivity contribution in [1.29, 1.82) is 0 Å². The maximum Gasteiger partial charge on any atom is 0.275 e. The highest BCUT2D eigenvalue weighted by molar-refractivity contribution is 6.03. The minimum absolute atomic E-state index is 0.119. The van der Waals surface area contributed by atoms with E-state index in [2.05, 4.69) is 25.4 Å². The van der Waals surface area contributed by atoms with Crippen molar-refractivity contribution < 1.29 is 9.59 Å². The topological polar surface area (TPSA) is 131 Å². The van der Waals surface area contributed by atoms with Crippen LogP contribution >= 0.6 is 0 Å². The Balaban J connectivity index is 1.53. The number of aliphatic imine (C=N–C) groups is 1. The average molecular weight is 404 g/mol. The zero-order valence-corrected chi connectivity index (χ0v) is 16.5. The van der Waals surface area contributed by atoms with Gasteiger partial charge in [-0.2, -0.15) is 5.10 Å². The highest BCUT2D eigenvalue weighted by Crippen LogP contribution is 2.34. The van der Waals surface area contributed by atoms with Crippen LogP contribution in [0.1, 0.15) is 29.4 Å². The predicted octanol–water partition coefficient (Wildman–Crippen LogP) is 1.31. The van der Waals surface area contributed by atoms with Crippen LogP contribution in [0.15, 0.2) is 60.1 Å². The molecule has 1 aliphatic rings. The van der Waals surface area contributed by atoms with Crippen molar-refractivity contribution in [2.24, 2.45) is 10.7 Å². The van der Waals surface area contributed by atoms with E-state index < -0.39 is 11.4 Å². The van der Waals surface area contributed by atoms with Gasteiger partial charge in [-0.15, -0.1) is 0 Å². The smallest absolute Gasteiger partial charge is 0.275 e. The SMILES string of the molecule is CN1C(=O)CC(C)(c2cccc(NC(=O)c3cnc(-n4cccn4)cn3)c2)N=C1N. The van der Waals surface area contributed by atoms with Crippen LogP contribution < -0.4 is 11.1 Å². The molecule has 10 nitrogen and oxygen atoms in total. The first kappa shape index (κ1) is 19.2. The number of anilines is 1. The second-order valence-electron chi connectivity index (χ2n) is 7.12. The van der Waals surface area contributed by atoms with Gasteiger partial charge in [-0.1, -0.05) is 12.1 Å². The lowest BCUT2D eigenvalue weighted by molar-refractivity contribution is -0.128. The third-order valence-corrected chi connectivity index (χ3v) is 4.93. The molecule has 0 fully saturated rings. The minimum Gasteiger partial charge on any atom is -0.369 e. The molecule has 1 aromatic carbocycles. The number of rotatable bonds is 4. The van der Waals surface area contributed by atoms with E-state index in [1.807, 2.05) is 13.0 Å². The molecule has 0 radical (unpaired) electrons. The molecule has 0 aliphatic carbocycles. The lowest BCUT2D eigenvalue weighted by Gasteiger charge is -2.33. The number of nitrogens with one attached hydrogen (secondary N) is 1. The van der Waals surface area contributed by atoms with E-state index in [1.165, 1.54) is 17.3 Å². The number of hydrogen-bond acceptors (Lipinski definition) is 7. The first-order valence-electron chi connectivity index (χ1n) is 9.21. The number of nitrogens with two attached hydrogens (primary N) is 1. The number of aromatic nitrogens is 4. The van der Waals surface area contributed by atoms with Gasteiger partial charge >= 0.3 is 0 Å². The van der Waals surface area contributed by atoms with Crippen LogP contribution in [0.3, 0.4) is 0 Å². The fraction of sp³-hybridized carbons (Fsp3) is 0.200. The van der Waals surface area contributed by atoms with Crippen LogP contribution in [-0.4, -0.2) is 49.5 Å². The van der Waals surface area contributed by atoms with Crippen LogP contribution in [0.5, 0.6) is 0 Å². The number of nitrogens with zero attached hydrogens (tertiary/aromatic N) is 6.